The zero-order chi connectivity index (χ0) is 35.2. The van der Waals surface area contributed by atoms with Gasteiger partial charge < -0.3 is 24.3 Å². The Morgan fingerprint density at radius 2 is 1.71 bits per heavy atom. The molecule has 51 heavy (non-hydrogen) atoms. The van der Waals surface area contributed by atoms with Gasteiger partial charge in [-0.25, -0.2) is 4.98 Å². The van der Waals surface area contributed by atoms with Gasteiger partial charge in [0.25, 0.3) is 5.56 Å². The fraction of sp³-hybridized carbons (Fsp3) is 0.390. The van der Waals surface area contributed by atoms with E-state index in [1.54, 1.807) is 36.1 Å². The average molecular weight is 709 g/mol. The summed E-state index contributed by atoms with van der Waals surface area (Å²) in [4.78, 5) is 20.8. The monoisotopic (exact) mass is 708 g/mol. The van der Waals surface area contributed by atoms with E-state index in [-0.39, 0.29) is 17.6 Å². The second kappa shape index (κ2) is 16.2. The lowest BCUT2D eigenvalue weighted by atomic mass is 9.92. The first-order valence-corrected chi connectivity index (χ1v) is 18.5. The zero-order valence-corrected chi connectivity index (χ0v) is 29.9. The fourth-order valence-electron chi connectivity index (χ4n) is 7.42. The molecule has 2 atom stereocenters. The molecule has 0 radical (unpaired) electrons. The minimum Gasteiger partial charge on any atom is -0.618 e. The summed E-state index contributed by atoms with van der Waals surface area (Å²) in [6.45, 7) is 2.89. The number of unbranched alkanes of at least 4 members (excludes halogenated alkanes) is 5. The summed E-state index contributed by atoms with van der Waals surface area (Å²) in [6, 6.07) is 22.5. The zero-order valence-electron chi connectivity index (χ0n) is 29.1. The molecule has 3 heterocycles. The minimum absolute atomic E-state index is 0.134. The molecule has 266 valence electrons. The first-order chi connectivity index (χ1) is 25.0. The predicted octanol–water partition coefficient (Wildman–Crippen LogP) is 8.26. The first kappa shape index (κ1) is 34.8. The number of benzene rings is 3. The third-order valence-corrected chi connectivity index (χ3v) is 10.3. The molecular weight excluding hydrogens is 664 g/mol. The highest BCUT2D eigenvalue weighted by atomic mass is 35.5. The summed E-state index contributed by atoms with van der Waals surface area (Å²) in [6.07, 6.45) is 13.3. The number of aromatic nitrogens is 2. The van der Waals surface area contributed by atoms with Crippen LogP contribution in [-0.2, 0) is 9.47 Å². The number of hydroxylamine groups is 1. The van der Waals surface area contributed by atoms with E-state index in [1.807, 2.05) is 54.6 Å². The van der Waals surface area contributed by atoms with Crippen molar-refractivity contribution < 1.29 is 18.9 Å². The van der Waals surface area contributed by atoms with E-state index < -0.39 is 0 Å². The van der Waals surface area contributed by atoms with Crippen molar-refractivity contribution in [1.29, 1.82) is 0 Å². The number of halogens is 1. The molecule has 0 fully saturated rings. The number of ether oxygens (including phenoxy) is 3. The van der Waals surface area contributed by atoms with Gasteiger partial charge in [0.05, 0.1) is 42.8 Å². The molecule has 9 nitrogen and oxygen atoms in total. The van der Waals surface area contributed by atoms with Crippen LogP contribution in [0.5, 0.6) is 5.75 Å². The molecule has 10 heteroatoms. The van der Waals surface area contributed by atoms with Gasteiger partial charge >= 0.3 is 0 Å². The Balaban J connectivity index is 0.847. The number of nitrogens with zero attached hydrogens (tertiary/aromatic N) is 4. The molecule has 0 N–H and O–H groups in total. The highest BCUT2D eigenvalue weighted by molar-refractivity contribution is 6.31. The third-order valence-electron chi connectivity index (χ3n) is 10.0. The van der Waals surface area contributed by atoms with Crippen LogP contribution in [-0.4, -0.2) is 64.9 Å². The highest BCUT2D eigenvalue weighted by Crippen LogP contribution is 2.34. The summed E-state index contributed by atoms with van der Waals surface area (Å²) >= 11 is 6.23. The number of hydrogen-bond donors (Lipinski definition) is 0. The van der Waals surface area contributed by atoms with E-state index in [2.05, 4.69) is 11.0 Å². The predicted molar refractivity (Wildman–Crippen MR) is 201 cm³/mol. The molecule has 0 bridgehead atoms. The molecule has 4 aromatic rings. The van der Waals surface area contributed by atoms with E-state index in [0.717, 1.165) is 104 Å². The molecule has 3 aromatic carbocycles. The van der Waals surface area contributed by atoms with Crippen molar-refractivity contribution in [3.63, 3.8) is 0 Å². The summed E-state index contributed by atoms with van der Waals surface area (Å²) in [5.41, 5.74) is 3.76. The quantitative estimate of drug-likeness (QED) is 0.0740. The van der Waals surface area contributed by atoms with Crippen LogP contribution in [0, 0.1) is 11.1 Å². The lowest BCUT2D eigenvalue weighted by Gasteiger charge is -2.25. The lowest BCUT2D eigenvalue weighted by molar-refractivity contribution is -0.405. The molecule has 2 aliphatic heterocycles. The van der Waals surface area contributed by atoms with Gasteiger partial charge in [-0.05, 0) is 80.6 Å². The van der Waals surface area contributed by atoms with E-state index in [1.165, 1.54) is 0 Å². The fourth-order valence-corrected chi connectivity index (χ4v) is 7.59. The number of rotatable bonds is 14. The Bertz CT molecular complexity index is 1990. The summed E-state index contributed by atoms with van der Waals surface area (Å²) in [5, 5.41) is 13.8. The Hall–Kier alpha value is -4.60. The van der Waals surface area contributed by atoms with Gasteiger partial charge in [0, 0.05) is 23.7 Å². The first-order valence-electron chi connectivity index (χ1n) is 18.2. The van der Waals surface area contributed by atoms with Gasteiger partial charge in [-0.15, -0.1) is 0 Å². The number of allylic oxidation sites excluding steroid dienone is 2. The van der Waals surface area contributed by atoms with E-state index >= 15 is 0 Å². The maximum absolute atomic E-state index is 13.7. The van der Waals surface area contributed by atoms with Crippen LogP contribution < -0.4 is 10.3 Å². The molecular formula is C41H45ClN4O5. The number of fused-ring (bicyclic) bond motifs is 3. The molecule has 0 amide bonds. The van der Waals surface area contributed by atoms with Crippen LogP contribution >= 0.6 is 11.6 Å². The van der Waals surface area contributed by atoms with Gasteiger partial charge in [0.1, 0.15) is 23.4 Å². The summed E-state index contributed by atoms with van der Waals surface area (Å²) < 4.78 is 20.8. The van der Waals surface area contributed by atoms with Crippen molar-refractivity contribution in [2.75, 3.05) is 33.4 Å². The second-order valence-corrected chi connectivity index (χ2v) is 13.9. The Morgan fingerprint density at radius 3 is 2.49 bits per heavy atom. The topological polar surface area (TPSA) is 91.9 Å². The largest absolute Gasteiger partial charge is 0.618 e. The van der Waals surface area contributed by atoms with Crippen molar-refractivity contribution in [2.45, 2.75) is 63.9 Å². The van der Waals surface area contributed by atoms with Gasteiger partial charge in [0.2, 0.25) is 6.21 Å². The normalized spacial score (nSPS) is 18.6. The van der Waals surface area contributed by atoms with E-state index in [4.69, 9.17) is 30.8 Å². The van der Waals surface area contributed by atoms with Crippen LogP contribution in [0.3, 0.4) is 0 Å². The van der Waals surface area contributed by atoms with Crippen molar-refractivity contribution >= 4 is 28.7 Å². The maximum Gasteiger partial charge on any atom is 0.266 e. The van der Waals surface area contributed by atoms with Crippen LogP contribution in [0.1, 0.15) is 57.8 Å². The Morgan fingerprint density at radius 1 is 0.941 bits per heavy atom. The highest BCUT2D eigenvalue weighted by Gasteiger charge is 2.40. The van der Waals surface area contributed by atoms with Crippen LogP contribution in [0.25, 0.3) is 28.0 Å². The van der Waals surface area contributed by atoms with Crippen molar-refractivity contribution in [3.8, 4) is 22.8 Å². The molecule has 1 aliphatic carbocycles. The van der Waals surface area contributed by atoms with Gasteiger partial charge in [0.15, 0.2) is 11.5 Å². The van der Waals surface area contributed by atoms with Crippen molar-refractivity contribution in [2.24, 2.45) is 5.92 Å². The van der Waals surface area contributed by atoms with E-state index in [0.29, 0.717) is 40.7 Å². The van der Waals surface area contributed by atoms with Crippen LogP contribution in [0.15, 0.2) is 101 Å². The second-order valence-electron chi connectivity index (χ2n) is 13.5. The SMILES string of the molecule is COC1=C2C=[N+]([O-])C3=CCCC[C@@H]3CN2CC1OCCCCCCCCOc1ccc(-n2c(-c3ccccc3)nc3ccc(Cl)cc3c2=O)cc1. The summed E-state index contributed by atoms with van der Waals surface area (Å²) in [5.74, 6) is 2.38. The van der Waals surface area contributed by atoms with Crippen molar-refractivity contribution in [1.82, 2.24) is 14.5 Å². The third kappa shape index (κ3) is 7.85. The summed E-state index contributed by atoms with van der Waals surface area (Å²) in [7, 11) is 1.67. The smallest absolute Gasteiger partial charge is 0.266 e. The Kier molecular flexibility index (Phi) is 11.0. The molecule has 0 spiro atoms. The van der Waals surface area contributed by atoms with E-state index in [9.17, 15) is 10.0 Å². The minimum atomic E-state index is -0.172. The number of methoxy groups -OCH3 is 1. The standard InChI is InChI=1S/C41H45ClN4O5/c1-49-39-37-27-45(48)36-16-10-9-15-30(36)26-44(37)28-38(39)51-24-12-5-3-2-4-11-23-50-33-20-18-32(19-21-33)46-40(29-13-7-6-8-14-29)43-35-22-17-31(42)25-34(35)41(46)47/h6-8,13-14,16-22,25,27,30,38H,2-5,9-12,15,23-24,26,28H2,1H3/t30-,38?/m1/s1. The molecule has 0 saturated heterocycles. The molecule has 7 rings (SSSR count). The maximum atomic E-state index is 13.7. The van der Waals surface area contributed by atoms with Crippen LogP contribution in [0.2, 0.25) is 5.02 Å². The molecule has 1 aromatic heterocycles. The van der Waals surface area contributed by atoms with Gasteiger partial charge in [-0.3, -0.25) is 9.36 Å². The molecule has 3 aliphatic rings. The van der Waals surface area contributed by atoms with Gasteiger partial charge in [-0.2, -0.15) is 4.74 Å². The van der Waals surface area contributed by atoms with Crippen LogP contribution in [0.4, 0.5) is 0 Å². The number of hydrogen-bond acceptors (Lipinski definition) is 7. The molecule has 0 saturated carbocycles. The Labute approximate surface area is 304 Å². The van der Waals surface area contributed by atoms with Gasteiger partial charge in [-0.1, -0.05) is 67.6 Å². The lowest BCUT2D eigenvalue weighted by Crippen LogP contribution is -2.31. The average Bonchev–Trinajstić information content (AvgIpc) is 3.40. The van der Waals surface area contributed by atoms with Crippen molar-refractivity contribution in [3.05, 3.63) is 117 Å². The molecule has 1 unspecified atom stereocenters.